The first-order chi connectivity index (χ1) is 14.2. The fourth-order valence-corrected chi connectivity index (χ4v) is 4.44. The molecule has 4 rings (SSSR count). The zero-order valence-electron chi connectivity index (χ0n) is 17.0. The fourth-order valence-electron chi connectivity index (χ4n) is 4.44. The summed E-state index contributed by atoms with van der Waals surface area (Å²) >= 11 is 0. The molecule has 2 aromatic rings. The number of hydrogen-bond donors (Lipinski definition) is 2. The van der Waals surface area contributed by atoms with Crippen molar-refractivity contribution in [1.29, 1.82) is 0 Å². The topological polar surface area (TPSA) is 83.3 Å². The van der Waals surface area contributed by atoms with Crippen LogP contribution in [0.1, 0.15) is 49.3 Å². The zero-order chi connectivity index (χ0) is 20.1. The van der Waals surface area contributed by atoms with Gasteiger partial charge in [-0.15, -0.1) is 10.2 Å². The minimum atomic E-state index is 0.202. The van der Waals surface area contributed by atoms with E-state index in [-0.39, 0.29) is 11.8 Å². The molecule has 29 heavy (non-hydrogen) atoms. The summed E-state index contributed by atoms with van der Waals surface area (Å²) in [5.41, 5.74) is 1.20. The van der Waals surface area contributed by atoms with Crippen molar-refractivity contribution in [3.63, 3.8) is 0 Å². The van der Waals surface area contributed by atoms with Crippen LogP contribution in [0.5, 0.6) is 5.75 Å². The highest BCUT2D eigenvalue weighted by Gasteiger charge is 2.22. The van der Waals surface area contributed by atoms with Gasteiger partial charge in [-0.1, -0.05) is 31.4 Å². The van der Waals surface area contributed by atoms with Crippen LogP contribution in [0, 0.1) is 5.92 Å². The number of aromatic nitrogens is 3. The number of benzene rings is 1. The van der Waals surface area contributed by atoms with Crippen molar-refractivity contribution >= 4 is 5.91 Å². The molecule has 2 N–H and O–H groups in total. The summed E-state index contributed by atoms with van der Waals surface area (Å²) in [6.45, 7) is 4.24. The lowest BCUT2D eigenvalue weighted by molar-refractivity contribution is -0.125. The summed E-state index contributed by atoms with van der Waals surface area (Å²) in [7, 11) is 0. The standard InChI is InChI=1S/C22H31N5O2/c28-19-8-6-17(7-9-19)16-26-13-11-21-25-24-20(27(21)15-14-26)10-12-23-22(29)18-4-2-1-3-5-18/h6-9,18,28H,1-5,10-16H2,(H,23,29). The van der Waals surface area contributed by atoms with Gasteiger partial charge in [0.25, 0.3) is 0 Å². The first-order valence-corrected chi connectivity index (χ1v) is 10.9. The third-order valence-electron chi connectivity index (χ3n) is 6.16. The maximum atomic E-state index is 12.3. The van der Waals surface area contributed by atoms with Gasteiger partial charge in [-0.3, -0.25) is 9.69 Å². The summed E-state index contributed by atoms with van der Waals surface area (Å²) in [6.07, 6.45) is 7.28. The van der Waals surface area contributed by atoms with Gasteiger partial charge in [0.05, 0.1) is 0 Å². The molecule has 1 aliphatic heterocycles. The molecular formula is C22H31N5O2. The van der Waals surface area contributed by atoms with Crippen molar-refractivity contribution in [2.24, 2.45) is 5.92 Å². The Morgan fingerprint density at radius 3 is 2.66 bits per heavy atom. The largest absolute Gasteiger partial charge is 0.508 e. The van der Waals surface area contributed by atoms with Crippen molar-refractivity contribution in [3.8, 4) is 5.75 Å². The molecule has 0 atom stereocenters. The first kappa shape index (κ1) is 19.9. The molecular weight excluding hydrogens is 366 g/mol. The minimum absolute atomic E-state index is 0.202. The molecule has 0 bridgehead atoms. The molecule has 7 nitrogen and oxygen atoms in total. The second-order valence-corrected chi connectivity index (χ2v) is 8.25. The number of rotatable bonds is 6. The van der Waals surface area contributed by atoms with Crippen molar-refractivity contribution in [2.75, 3.05) is 19.6 Å². The van der Waals surface area contributed by atoms with E-state index in [1.54, 1.807) is 12.1 Å². The van der Waals surface area contributed by atoms with Gasteiger partial charge < -0.3 is 15.0 Å². The number of carbonyl (C=O) groups is 1. The van der Waals surface area contributed by atoms with Gasteiger partial charge in [0, 0.05) is 51.5 Å². The lowest BCUT2D eigenvalue weighted by Gasteiger charge is -2.20. The van der Waals surface area contributed by atoms with Gasteiger partial charge in [-0.2, -0.15) is 0 Å². The Kier molecular flexibility index (Phi) is 6.44. The maximum Gasteiger partial charge on any atom is 0.223 e. The lowest BCUT2D eigenvalue weighted by Crippen LogP contribution is -2.33. The molecule has 0 saturated heterocycles. The Morgan fingerprint density at radius 2 is 1.86 bits per heavy atom. The molecule has 0 radical (unpaired) electrons. The van der Waals surface area contributed by atoms with Crippen LogP contribution in [-0.4, -0.2) is 50.3 Å². The van der Waals surface area contributed by atoms with Crippen LogP contribution in [0.4, 0.5) is 0 Å². The Morgan fingerprint density at radius 1 is 1.07 bits per heavy atom. The molecule has 156 valence electrons. The van der Waals surface area contributed by atoms with E-state index in [2.05, 4.69) is 25.0 Å². The number of fused-ring (bicyclic) bond motifs is 1. The molecule has 1 saturated carbocycles. The number of nitrogens with one attached hydrogen (secondary N) is 1. The van der Waals surface area contributed by atoms with Gasteiger partial charge in [-0.25, -0.2) is 0 Å². The van der Waals surface area contributed by atoms with Gasteiger partial charge in [0.15, 0.2) is 0 Å². The number of carbonyl (C=O) groups excluding carboxylic acids is 1. The molecule has 2 aliphatic rings. The van der Waals surface area contributed by atoms with Crippen LogP contribution in [0.15, 0.2) is 24.3 Å². The van der Waals surface area contributed by atoms with Gasteiger partial charge in [0.2, 0.25) is 5.91 Å². The highest BCUT2D eigenvalue weighted by atomic mass is 16.3. The van der Waals surface area contributed by atoms with Crippen LogP contribution in [0.3, 0.4) is 0 Å². The predicted octanol–water partition coefficient (Wildman–Crippen LogP) is 2.28. The average molecular weight is 398 g/mol. The van der Waals surface area contributed by atoms with Crippen molar-refractivity contribution in [3.05, 3.63) is 41.5 Å². The predicted molar refractivity (Wildman–Crippen MR) is 110 cm³/mol. The Bertz CT molecular complexity index is 811. The summed E-state index contributed by atoms with van der Waals surface area (Å²) < 4.78 is 2.23. The molecule has 1 aromatic carbocycles. The second-order valence-electron chi connectivity index (χ2n) is 8.25. The van der Waals surface area contributed by atoms with Gasteiger partial charge in [0.1, 0.15) is 17.4 Å². The molecule has 0 spiro atoms. The van der Waals surface area contributed by atoms with Gasteiger partial charge >= 0.3 is 0 Å². The lowest BCUT2D eigenvalue weighted by atomic mass is 9.89. The highest BCUT2D eigenvalue weighted by Crippen LogP contribution is 2.23. The van der Waals surface area contributed by atoms with Crippen LogP contribution in [-0.2, 0) is 30.7 Å². The molecule has 0 unspecified atom stereocenters. The Labute approximate surface area is 172 Å². The second kappa shape index (κ2) is 9.39. The molecule has 1 aliphatic carbocycles. The molecule has 7 heteroatoms. The number of phenols is 1. The normalized spacial score (nSPS) is 18.2. The first-order valence-electron chi connectivity index (χ1n) is 10.9. The van der Waals surface area contributed by atoms with E-state index in [9.17, 15) is 9.90 Å². The monoisotopic (exact) mass is 397 g/mol. The molecule has 1 amide bonds. The highest BCUT2D eigenvalue weighted by molar-refractivity contribution is 5.78. The van der Waals surface area contributed by atoms with E-state index in [0.717, 1.165) is 63.5 Å². The third-order valence-corrected chi connectivity index (χ3v) is 6.16. The van der Waals surface area contributed by atoms with Crippen molar-refractivity contribution in [1.82, 2.24) is 25.0 Å². The number of amides is 1. The van der Waals surface area contributed by atoms with Crippen LogP contribution < -0.4 is 5.32 Å². The van der Waals surface area contributed by atoms with Crippen LogP contribution in [0.25, 0.3) is 0 Å². The molecule has 1 aromatic heterocycles. The number of phenolic OH excluding ortho intramolecular Hbond substituents is 1. The van der Waals surface area contributed by atoms with E-state index in [4.69, 9.17) is 0 Å². The SMILES string of the molecule is O=C(NCCc1nnc2n1CCN(Cc1ccc(O)cc1)CC2)C1CCCCC1. The maximum absolute atomic E-state index is 12.3. The number of hydrogen-bond acceptors (Lipinski definition) is 5. The smallest absolute Gasteiger partial charge is 0.223 e. The van der Waals surface area contributed by atoms with E-state index < -0.39 is 0 Å². The summed E-state index contributed by atoms with van der Waals surface area (Å²) in [5.74, 6) is 2.71. The van der Waals surface area contributed by atoms with E-state index >= 15 is 0 Å². The quantitative estimate of drug-likeness (QED) is 0.781. The van der Waals surface area contributed by atoms with Crippen molar-refractivity contribution in [2.45, 2.75) is 58.0 Å². The van der Waals surface area contributed by atoms with Gasteiger partial charge in [-0.05, 0) is 30.5 Å². The summed E-state index contributed by atoms with van der Waals surface area (Å²) in [4.78, 5) is 14.7. The fraction of sp³-hybridized carbons (Fsp3) is 0.591. The number of aromatic hydroxyl groups is 1. The van der Waals surface area contributed by atoms with Crippen LogP contribution >= 0.6 is 0 Å². The summed E-state index contributed by atoms with van der Waals surface area (Å²) in [6, 6.07) is 7.42. The summed E-state index contributed by atoms with van der Waals surface area (Å²) in [5, 5.41) is 21.3. The third kappa shape index (κ3) is 5.15. The molecule has 1 fully saturated rings. The minimum Gasteiger partial charge on any atom is -0.508 e. The van der Waals surface area contributed by atoms with Crippen molar-refractivity contribution < 1.29 is 9.90 Å². The van der Waals surface area contributed by atoms with Crippen LogP contribution in [0.2, 0.25) is 0 Å². The van der Waals surface area contributed by atoms with E-state index in [1.165, 1.54) is 24.8 Å². The molecule has 2 heterocycles. The zero-order valence-corrected chi connectivity index (χ0v) is 17.0. The Balaban J connectivity index is 1.28. The number of nitrogens with zero attached hydrogens (tertiary/aromatic N) is 4. The Hall–Kier alpha value is -2.41. The van der Waals surface area contributed by atoms with E-state index in [0.29, 0.717) is 12.3 Å². The van der Waals surface area contributed by atoms with E-state index in [1.807, 2.05) is 12.1 Å². The average Bonchev–Trinajstić information content (AvgIpc) is 3.02.